The molecule has 0 fully saturated rings. The van der Waals surface area contributed by atoms with Gasteiger partial charge in [-0.2, -0.15) is 5.10 Å². The average molecular weight is 466 g/mol. The van der Waals surface area contributed by atoms with Crippen LogP contribution in [0.2, 0.25) is 0 Å². The summed E-state index contributed by atoms with van der Waals surface area (Å²) >= 11 is 1.54. The number of anilines is 2. The molecule has 3 amide bonds. The number of aromatic nitrogens is 2. The summed E-state index contributed by atoms with van der Waals surface area (Å²) in [6.07, 6.45) is 0. The number of nitrogens with one attached hydrogen (secondary N) is 2. The molecule has 0 saturated carbocycles. The molecule has 33 heavy (non-hydrogen) atoms. The monoisotopic (exact) mass is 465 g/mol. The lowest BCUT2D eigenvalue weighted by atomic mass is 9.92. The first kappa shape index (κ1) is 22.7. The molecule has 2 N–H and O–H groups in total. The lowest BCUT2D eigenvalue weighted by Gasteiger charge is -2.44. The Hall–Kier alpha value is -3.46. The quantitative estimate of drug-likeness (QED) is 0.611. The van der Waals surface area contributed by atoms with Crippen molar-refractivity contribution in [1.29, 1.82) is 0 Å². The van der Waals surface area contributed by atoms with Gasteiger partial charge in [-0.1, -0.05) is 6.07 Å². The summed E-state index contributed by atoms with van der Waals surface area (Å²) in [5, 5.41) is 12.3. The topological polar surface area (TPSA) is 96.3 Å². The molecule has 3 heterocycles. The predicted octanol–water partition coefficient (Wildman–Crippen LogP) is 3.90. The smallest absolute Gasteiger partial charge is 0.277 e. The molecule has 0 spiro atoms. The Morgan fingerprint density at radius 2 is 1.85 bits per heavy atom. The average Bonchev–Trinajstić information content (AvgIpc) is 3.37. The van der Waals surface area contributed by atoms with Crippen LogP contribution in [0.4, 0.5) is 11.4 Å². The van der Waals surface area contributed by atoms with E-state index in [0.29, 0.717) is 22.8 Å². The van der Waals surface area contributed by atoms with Crippen LogP contribution in [-0.2, 0) is 16.1 Å². The maximum Gasteiger partial charge on any atom is 0.277 e. The van der Waals surface area contributed by atoms with Gasteiger partial charge in [-0.3, -0.25) is 24.0 Å². The highest BCUT2D eigenvalue weighted by Gasteiger charge is 2.49. The normalized spacial score (nSPS) is 18.1. The molecule has 0 radical (unpaired) electrons. The fraction of sp³-hybridized carbons (Fsp3) is 0.333. The zero-order valence-electron chi connectivity index (χ0n) is 19.3. The molecule has 0 saturated heterocycles. The van der Waals surface area contributed by atoms with Crippen molar-refractivity contribution in [2.45, 2.75) is 52.2 Å². The molecule has 2 aromatic heterocycles. The van der Waals surface area contributed by atoms with Crippen LogP contribution < -0.4 is 15.5 Å². The number of thiophene rings is 1. The van der Waals surface area contributed by atoms with Gasteiger partial charge in [0.15, 0.2) is 0 Å². The third kappa shape index (κ3) is 4.41. The largest absolute Gasteiger partial charge is 0.349 e. The SMILES string of the molecule is CC(=O)Nc1ccc(N2C(=O)c3cc(-c4cccs4)nn3C[C@]2(C)C(=O)NC(C)(C)C)cc1. The Bertz CT molecular complexity index is 1210. The van der Waals surface area contributed by atoms with Crippen molar-refractivity contribution in [3.63, 3.8) is 0 Å². The number of hydrogen-bond acceptors (Lipinski definition) is 5. The van der Waals surface area contributed by atoms with Gasteiger partial charge in [-0.15, -0.1) is 11.3 Å². The van der Waals surface area contributed by atoms with E-state index in [0.717, 1.165) is 4.88 Å². The summed E-state index contributed by atoms with van der Waals surface area (Å²) in [6.45, 7) is 9.10. The fourth-order valence-electron chi connectivity index (χ4n) is 3.90. The van der Waals surface area contributed by atoms with Crippen molar-refractivity contribution in [2.75, 3.05) is 10.2 Å². The lowest BCUT2D eigenvalue weighted by molar-refractivity contribution is -0.128. The highest BCUT2D eigenvalue weighted by Crippen LogP contribution is 2.35. The number of benzene rings is 1. The summed E-state index contributed by atoms with van der Waals surface area (Å²) in [7, 11) is 0. The van der Waals surface area contributed by atoms with E-state index in [1.807, 2.05) is 38.3 Å². The van der Waals surface area contributed by atoms with Crippen LogP contribution in [0.1, 0.15) is 45.1 Å². The minimum Gasteiger partial charge on any atom is -0.349 e. The van der Waals surface area contributed by atoms with E-state index in [1.54, 1.807) is 53.3 Å². The van der Waals surface area contributed by atoms with Crippen molar-refractivity contribution in [3.8, 4) is 10.6 Å². The van der Waals surface area contributed by atoms with Gasteiger partial charge in [-0.05, 0) is 69.5 Å². The molecule has 0 aliphatic carbocycles. The Balaban J connectivity index is 1.79. The second-order valence-corrected chi connectivity index (χ2v) is 10.3. The van der Waals surface area contributed by atoms with Crippen molar-refractivity contribution < 1.29 is 14.4 Å². The van der Waals surface area contributed by atoms with E-state index in [-0.39, 0.29) is 24.3 Å². The highest BCUT2D eigenvalue weighted by atomic mass is 32.1. The molecule has 1 atom stereocenters. The van der Waals surface area contributed by atoms with Crippen LogP contribution in [0.3, 0.4) is 0 Å². The van der Waals surface area contributed by atoms with Crippen LogP contribution in [-0.4, -0.2) is 38.6 Å². The van der Waals surface area contributed by atoms with Crippen molar-refractivity contribution in [1.82, 2.24) is 15.1 Å². The van der Waals surface area contributed by atoms with Gasteiger partial charge >= 0.3 is 0 Å². The number of carbonyl (C=O) groups excluding carboxylic acids is 3. The Morgan fingerprint density at radius 1 is 1.15 bits per heavy atom. The summed E-state index contributed by atoms with van der Waals surface area (Å²) < 4.78 is 1.63. The molecule has 4 rings (SSSR count). The first-order valence-corrected chi connectivity index (χ1v) is 11.5. The lowest BCUT2D eigenvalue weighted by Crippen LogP contribution is -2.66. The molecule has 3 aromatic rings. The van der Waals surface area contributed by atoms with E-state index >= 15 is 0 Å². The van der Waals surface area contributed by atoms with E-state index < -0.39 is 11.1 Å². The molecule has 0 unspecified atom stereocenters. The number of amides is 3. The summed E-state index contributed by atoms with van der Waals surface area (Å²) in [5.74, 6) is -0.764. The fourth-order valence-corrected chi connectivity index (χ4v) is 4.58. The van der Waals surface area contributed by atoms with E-state index in [4.69, 9.17) is 0 Å². The summed E-state index contributed by atoms with van der Waals surface area (Å²) in [5.41, 5.74) is 0.606. The molecule has 0 bridgehead atoms. The standard InChI is InChI=1S/C24H27N5O3S/c1-15(30)25-16-8-10-17(11-9-16)29-21(31)19-13-18(20-7-6-12-33-20)27-28(19)14-24(29,5)22(32)26-23(2,3)4/h6-13H,14H2,1-5H3,(H,25,30)(H,26,32)/t24-/m1/s1. The molecule has 1 aliphatic heterocycles. The molecular formula is C24H27N5O3S. The summed E-state index contributed by atoms with van der Waals surface area (Å²) in [4.78, 5) is 41.1. The van der Waals surface area contributed by atoms with Gasteiger partial charge in [0.25, 0.3) is 5.91 Å². The Kier molecular flexibility index (Phi) is 5.61. The number of rotatable bonds is 4. The second kappa shape index (κ2) is 8.15. The van der Waals surface area contributed by atoms with Crippen LogP contribution in [0.25, 0.3) is 10.6 Å². The molecule has 9 heteroatoms. The number of nitrogens with zero attached hydrogens (tertiary/aromatic N) is 3. The first-order chi connectivity index (χ1) is 15.5. The van der Waals surface area contributed by atoms with Crippen molar-refractivity contribution in [2.24, 2.45) is 0 Å². The molecule has 8 nitrogen and oxygen atoms in total. The number of fused-ring (bicyclic) bond motifs is 1. The van der Waals surface area contributed by atoms with Crippen LogP contribution in [0, 0.1) is 0 Å². The van der Waals surface area contributed by atoms with Crippen LogP contribution in [0.5, 0.6) is 0 Å². The van der Waals surface area contributed by atoms with Gasteiger partial charge in [0.2, 0.25) is 11.8 Å². The minimum absolute atomic E-state index is 0.184. The molecular weight excluding hydrogens is 438 g/mol. The highest BCUT2D eigenvalue weighted by molar-refractivity contribution is 7.13. The van der Waals surface area contributed by atoms with Gasteiger partial charge in [0.1, 0.15) is 16.9 Å². The van der Waals surface area contributed by atoms with Gasteiger partial charge < -0.3 is 10.6 Å². The van der Waals surface area contributed by atoms with Crippen molar-refractivity contribution in [3.05, 3.63) is 53.5 Å². The minimum atomic E-state index is -1.22. The molecule has 1 aromatic carbocycles. The first-order valence-electron chi connectivity index (χ1n) is 10.6. The zero-order chi connectivity index (χ0) is 24.0. The third-order valence-corrected chi connectivity index (χ3v) is 6.24. The zero-order valence-corrected chi connectivity index (χ0v) is 20.1. The molecule has 172 valence electrons. The van der Waals surface area contributed by atoms with Crippen LogP contribution >= 0.6 is 11.3 Å². The van der Waals surface area contributed by atoms with E-state index in [9.17, 15) is 14.4 Å². The predicted molar refractivity (Wildman–Crippen MR) is 129 cm³/mol. The van der Waals surface area contributed by atoms with Crippen LogP contribution in [0.15, 0.2) is 47.8 Å². The number of carbonyl (C=O) groups is 3. The Morgan fingerprint density at radius 3 is 2.42 bits per heavy atom. The maximum atomic E-state index is 13.8. The van der Waals surface area contributed by atoms with Crippen molar-refractivity contribution >= 4 is 40.4 Å². The second-order valence-electron chi connectivity index (χ2n) is 9.40. The maximum absolute atomic E-state index is 13.8. The van der Waals surface area contributed by atoms with Gasteiger partial charge in [0, 0.05) is 23.8 Å². The van der Waals surface area contributed by atoms with E-state index in [1.165, 1.54) is 11.8 Å². The molecule has 1 aliphatic rings. The third-order valence-electron chi connectivity index (χ3n) is 5.35. The summed E-state index contributed by atoms with van der Waals surface area (Å²) in [6, 6.07) is 12.6. The van der Waals surface area contributed by atoms with Gasteiger partial charge in [-0.25, -0.2) is 0 Å². The Labute approximate surface area is 196 Å². The number of hydrogen-bond donors (Lipinski definition) is 2. The van der Waals surface area contributed by atoms with E-state index in [2.05, 4.69) is 15.7 Å². The van der Waals surface area contributed by atoms with Gasteiger partial charge in [0.05, 0.1) is 11.4 Å².